The first-order chi connectivity index (χ1) is 22.8. The van der Waals surface area contributed by atoms with E-state index < -0.39 is 22.7 Å². The number of ether oxygens (including phenoxy) is 1. The number of methoxy groups -OCH3 is 1. The number of nitro benzene ring substituents is 1. The van der Waals surface area contributed by atoms with E-state index in [1.165, 1.54) is 53.7 Å². The highest BCUT2D eigenvalue weighted by Crippen LogP contribution is 2.34. The average molecular weight is 656 g/mol. The number of non-ortho nitro benzene ring substituents is 1. The standard InChI is InChI=1S/C32H26FN7O6S/c1-45-25-14-6-20(7-15-25)26-17-27(21-4-8-22(33)9-5-21)39(37-26)30(41)19-47-32-36-35-29(18-34-31(42)28-3-2-16-46-28)38(32)23-10-12-24(13-11-23)40(43)44/h2-16,27H,17-19H2,1H3,(H,34,42)/t27-/m0/s1. The second-order valence-corrected chi connectivity index (χ2v) is 11.2. The zero-order valence-electron chi connectivity index (χ0n) is 24.8. The third-order valence-corrected chi connectivity index (χ3v) is 8.25. The van der Waals surface area contributed by atoms with Crippen molar-refractivity contribution in [2.24, 2.45) is 5.10 Å². The molecule has 0 spiro atoms. The van der Waals surface area contributed by atoms with Gasteiger partial charge in [-0.15, -0.1) is 10.2 Å². The molecule has 0 fully saturated rings. The van der Waals surface area contributed by atoms with E-state index >= 15 is 0 Å². The molecule has 0 saturated heterocycles. The number of halogens is 1. The zero-order valence-corrected chi connectivity index (χ0v) is 25.6. The quantitative estimate of drug-likeness (QED) is 0.113. The number of nitrogens with one attached hydrogen (secondary N) is 1. The van der Waals surface area contributed by atoms with Crippen molar-refractivity contribution in [1.82, 2.24) is 25.1 Å². The third-order valence-electron chi connectivity index (χ3n) is 7.34. The molecule has 3 aromatic carbocycles. The van der Waals surface area contributed by atoms with Crippen LogP contribution >= 0.6 is 11.8 Å². The highest BCUT2D eigenvalue weighted by molar-refractivity contribution is 7.99. The van der Waals surface area contributed by atoms with Gasteiger partial charge in [0.25, 0.3) is 17.5 Å². The summed E-state index contributed by atoms with van der Waals surface area (Å²) in [6.45, 7) is -0.0493. The van der Waals surface area contributed by atoms with Crippen LogP contribution in [0.1, 0.15) is 40.0 Å². The first kappa shape index (κ1) is 31.2. The van der Waals surface area contributed by atoms with Crippen LogP contribution in [-0.4, -0.2) is 55.1 Å². The van der Waals surface area contributed by atoms with Gasteiger partial charge < -0.3 is 14.5 Å². The van der Waals surface area contributed by atoms with E-state index in [1.807, 2.05) is 24.3 Å². The number of hydrazone groups is 1. The van der Waals surface area contributed by atoms with Crippen LogP contribution in [0.4, 0.5) is 10.1 Å². The summed E-state index contributed by atoms with van der Waals surface area (Å²) in [7, 11) is 1.58. The number of aromatic nitrogens is 3. The predicted molar refractivity (Wildman–Crippen MR) is 169 cm³/mol. The highest BCUT2D eigenvalue weighted by Gasteiger charge is 2.33. The normalized spacial score (nSPS) is 14.1. The van der Waals surface area contributed by atoms with E-state index in [-0.39, 0.29) is 29.7 Å². The van der Waals surface area contributed by atoms with Gasteiger partial charge in [-0.1, -0.05) is 23.9 Å². The van der Waals surface area contributed by atoms with Crippen molar-refractivity contribution in [1.29, 1.82) is 0 Å². The Morgan fingerprint density at radius 3 is 2.47 bits per heavy atom. The second kappa shape index (κ2) is 13.7. The van der Waals surface area contributed by atoms with E-state index in [1.54, 1.807) is 29.9 Å². The van der Waals surface area contributed by atoms with Crippen molar-refractivity contribution in [3.8, 4) is 11.4 Å². The number of hydrogen-bond donors (Lipinski definition) is 1. The molecule has 0 aliphatic carbocycles. The van der Waals surface area contributed by atoms with E-state index in [4.69, 9.17) is 9.15 Å². The Bertz CT molecular complexity index is 1930. The van der Waals surface area contributed by atoms with Crippen LogP contribution < -0.4 is 10.1 Å². The summed E-state index contributed by atoms with van der Waals surface area (Å²) < 4.78 is 25.8. The summed E-state index contributed by atoms with van der Waals surface area (Å²) in [6, 6.07) is 21.7. The molecule has 15 heteroatoms. The van der Waals surface area contributed by atoms with E-state index in [0.29, 0.717) is 34.6 Å². The lowest BCUT2D eigenvalue weighted by atomic mass is 9.98. The van der Waals surface area contributed by atoms with Crippen LogP contribution in [0, 0.1) is 15.9 Å². The van der Waals surface area contributed by atoms with Crippen LogP contribution in [0.25, 0.3) is 5.69 Å². The van der Waals surface area contributed by atoms with Gasteiger partial charge in [0.2, 0.25) is 0 Å². The lowest BCUT2D eigenvalue weighted by Gasteiger charge is -2.22. The molecule has 2 aromatic heterocycles. The molecule has 1 atom stereocenters. The molecule has 1 N–H and O–H groups in total. The maximum atomic E-state index is 13.8. The minimum Gasteiger partial charge on any atom is -0.497 e. The molecular formula is C32H26FN7O6S. The Labute approximate surface area is 271 Å². The van der Waals surface area contributed by atoms with Crippen LogP contribution in [-0.2, 0) is 11.3 Å². The summed E-state index contributed by atoms with van der Waals surface area (Å²) in [5.41, 5.74) is 2.61. The number of furan rings is 1. The first-order valence-electron chi connectivity index (χ1n) is 14.2. The second-order valence-electron chi connectivity index (χ2n) is 10.2. The number of amides is 2. The number of thioether (sulfide) groups is 1. The predicted octanol–water partition coefficient (Wildman–Crippen LogP) is 5.32. The molecule has 0 bridgehead atoms. The number of hydrogen-bond acceptors (Lipinski definition) is 10. The maximum Gasteiger partial charge on any atom is 0.287 e. The summed E-state index contributed by atoms with van der Waals surface area (Å²) in [4.78, 5) is 37.0. The SMILES string of the molecule is COc1ccc(C2=NN(C(=O)CSc3nnc(CNC(=O)c4ccco4)n3-c3ccc([N+](=O)[O-])cc3)[C@H](c3ccc(F)cc3)C2)cc1. The van der Waals surface area contributed by atoms with Gasteiger partial charge in [0, 0.05) is 24.2 Å². The van der Waals surface area contributed by atoms with Gasteiger partial charge in [-0.05, 0) is 71.8 Å². The lowest BCUT2D eigenvalue weighted by Crippen LogP contribution is -2.28. The summed E-state index contributed by atoms with van der Waals surface area (Å²) >= 11 is 1.09. The molecule has 6 rings (SSSR count). The minimum absolute atomic E-state index is 0.0493. The molecule has 0 unspecified atom stereocenters. The van der Waals surface area contributed by atoms with Gasteiger partial charge >= 0.3 is 0 Å². The number of carbonyl (C=O) groups is 2. The molecule has 47 heavy (non-hydrogen) atoms. The van der Waals surface area contributed by atoms with E-state index in [2.05, 4.69) is 20.6 Å². The van der Waals surface area contributed by atoms with Crippen molar-refractivity contribution in [3.05, 3.63) is 130 Å². The third kappa shape index (κ3) is 6.89. The molecule has 238 valence electrons. The molecule has 1 aliphatic rings. The highest BCUT2D eigenvalue weighted by atomic mass is 32.2. The topological polar surface area (TPSA) is 158 Å². The fourth-order valence-corrected chi connectivity index (χ4v) is 5.80. The van der Waals surface area contributed by atoms with Gasteiger partial charge in [0.1, 0.15) is 11.6 Å². The van der Waals surface area contributed by atoms with Crippen molar-refractivity contribution >= 4 is 35.0 Å². The molecule has 0 radical (unpaired) electrons. The smallest absolute Gasteiger partial charge is 0.287 e. The lowest BCUT2D eigenvalue weighted by molar-refractivity contribution is -0.384. The fourth-order valence-electron chi connectivity index (χ4n) is 4.98. The Morgan fingerprint density at radius 2 is 1.81 bits per heavy atom. The largest absolute Gasteiger partial charge is 0.497 e. The van der Waals surface area contributed by atoms with Gasteiger partial charge in [-0.3, -0.25) is 24.3 Å². The fraction of sp³-hybridized carbons (Fsp3) is 0.156. The Kier molecular flexibility index (Phi) is 9.06. The molecular weight excluding hydrogens is 629 g/mol. The zero-order chi connectivity index (χ0) is 32.9. The molecule has 0 saturated carbocycles. The van der Waals surface area contributed by atoms with E-state index in [0.717, 1.165) is 22.9 Å². The summed E-state index contributed by atoms with van der Waals surface area (Å²) in [5.74, 6) is -0.174. The van der Waals surface area contributed by atoms with Gasteiger partial charge in [-0.2, -0.15) is 5.10 Å². The van der Waals surface area contributed by atoms with Crippen LogP contribution in [0.5, 0.6) is 5.75 Å². The number of rotatable bonds is 11. The Balaban J connectivity index is 1.26. The monoisotopic (exact) mass is 655 g/mol. The minimum atomic E-state index is -0.511. The van der Waals surface area contributed by atoms with Crippen LogP contribution in [0.15, 0.2) is 106 Å². The van der Waals surface area contributed by atoms with Crippen molar-refractivity contribution in [2.75, 3.05) is 12.9 Å². The number of nitrogens with zero attached hydrogens (tertiary/aromatic N) is 6. The van der Waals surface area contributed by atoms with Crippen LogP contribution in [0.3, 0.4) is 0 Å². The average Bonchev–Trinajstić information content (AvgIpc) is 3.87. The first-order valence-corrected chi connectivity index (χ1v) is 15.2. The van der Waals surface area contributed by atoms with Gasteiger partial charge in [0.05, 0.1) is 42.3 Å². The number of nitro groups is 1. The molecule has 3 heterocycles. The van der Waals surface area contributed by atoms with Crippen molar-refractivity contribution in [2.45, 2.75) is 24.2 Å². The molecule has 13 nitrogen and oxygen atoms in total. The molecule has 2 amide bonds. The van der Waals surface area contributed by atoms with Crippen molar-refractivity contribution < 1.29 is 28.1 Å². The molecule has 5 aromatic rings. The Hall–Kier alpha value is -5.83. The maximum absolute atomic E-state index is 13.8. The summed E-state index contributed by atoms with van der Waals surface area (Å²) in [6.07, 6.45) is 1.79. The molecule has 1 aliphatic heterocycles. The number of carbonyl (C=O) groups excluding carboxylic acids is 2. The summed E-state index contributed by atoms with van der Waals surface area (Å²) in [5, 5.41) is 28.9. The van der Waals surface area contributed by atoms with Gasteiger partial charge in [-0.25, -0.2) is 9.40 Å². The van der Waals surface area contributed by atoms with Gasteiger partial charge in [0.15, 0.2) is 16.7 Å². The Morgan fingerprint density at radius 1 is 1.06 bits per heavy atom. The van der Waals surface area contributed by atoms with Crippen molar-refractivity contribution in [3.63, 3.8) is 0 Å². The van der Waals surface area contributed by atoms with Crippen LogP contribution in [0.2, 0.25) is 0 Å². The number of benzene rings is 3. The van der Waals surface area contributed by atoms with E-state index in [9.17, 15) is 24.1 Å².